The first-order valence-corrected chi connectivity index (χ1v) is 18.8. The molecule has 5 heterocycles. The summed E-state index contributed by atoms with van der Waals surface area (Å²) in [5.41, 5.74) is 0.185. The molecule has 5 saturated heterocycles. The maximum absolute atomic E-state index is 6.78. The van der Waals surface area contributed by atoms with Gasteiger partial charge < -0.3 is 9.47 Å². The molecule has 268 valence electrons. The van der Waals surface area contributed by atoms with Crippen LogP contribution in [0.15, 0.2) is 0 Å². The van der Waals surface area contributed by atoms with E-state index >= 15 is 0 Å². The zero-order valence-electron chi connectivity index (χ0n) is 32.7. The molecule has 5 aliphatic heterocycles. The predicted octanol–water partition coefficient (Wildman–Crippen LogP) is 4.87. The van der Waals surface area contributed by atoms with Crippen LogP contribution in [0.25, 0.3) is 0 Å². The smallest absolute Gasteiger partial charge is 0.0804 e. The maximum Gasteiger partial charge on any atom is 0.0804 e. The minimum Gasteiger partial charge on any atom is -0.375 e. The minimum absolute atomic E-state index is 0.0333. The Morgan fingerprint density at radius 1 is 0.457 bits per heavy atom. The molecule has 5 aliphatic rings. The zero-order chi connectivity index (χ0) is 34.1. The van der Waals surface area contributed by atoms with Crippen molar-refractivity contribution in [3.8, 4) is 0 Å². The molecule has 4 atom stereocenters. The van der Waals surface area contributed by atoms with Gasteiger partial charge in [0.2, 0.25) is 0 Å². The summed E-state index contributed by atoms with van der Waals surface area (Å²) in [6.07, 6.45) is 2.62. The molecule has 0 spiro atoms. The Morgan fingerprint density at radius 3 is 1.15 bits per heavy atom. The van der Waals surface area contributed by atoms with E-state index in [1.165, 1.54) is 32.5 Å². The summed E-state index contributed by atoms with van der Waals surface area (Å²) in [6.45, 7) is 46.2. The zero-order valence-corrected chi connectivity index (χ0v) is 32.7. The highest BCUT2D eigenvalue weighted by atomic mass is 16.5. The van der Waals surface area contributed by atoms with E-state index in [0.717, 1.165) is 59.0 Å². The lowest BCUT2D eigenvalue weighted by Gasteiger charge is -2.59. The Balaban J connectivity index is 1.10. The number of piperazine rings is 3. The van der Waals surface area contributed by atoms with Crippen molar-refractivity contribution in [2.45, 2.75) is 167 Å². The number of hydrogen-bond donors (Lipinski definition) is 0. The highest BCUT2D eigenvalue weighted by Crippen LogP contribution is 2.49. The molecule has 0 unspecified atom stereocenters. The van der Waals surface area contributed by atoms with E-state index < -0.39 is 0 Å². The fraction of sp³-hybridized carbons (Fsp3) is 1.00. The molecule has 8 nitrogen and oxygen atoms in total. The van der Waals surface area contributed by atoms with E-state index in [2.05, 4.69) is 126 Å². The summed E-state index contributed by atoms with van der Waals surface area (Å²) in [7, 11) is 0. The Kier molecular flexibility index (Phi) is 10.3. The van der Waals surface area contributed by atoms with Gasteiger partial charge in [-0.3, -0.25) is 29.4 Å². The lowest BCUT2D eigenvalue weighted by molar-refractivity contribution is -0.143. The molecule has 0 amide bonds. The number of likely N-dealkylation sites (tertiary alicyclic amines) is 4. The molecule has 8 heteroatoms. The molecule has 0 aromatic rings. The summed E-state index contributed by atoms with van der Waals surface area (Å²) in [6, 6.07) is 2.60. The van der Waals surface area contributed by atoms with Crippen molar-refractivity contribution in [1.82, 2.24) is 29.4 Å². The summed E-state index contributed by atoms with van der Waals surface area (Å²) in [4.78, 5) is 16.5. The molecule has 0 aliphatic carbocycles. The Labute approximate surface area is 284 Å². The fourth-order valence-electron chi connectivity index (χ4n) is 9.58. The summed E-state index contributed by atoms with van der Waals surface area (Å²) in [5, 5.41) is 0. The summed E-state index contributed by atoms with van der Waals surface area (Å²) in [5.74, 6) is 0. The van der Waals surface area contributed by atoms with Crippen LogP contribution in [0.3, 0.4) is 0 Å². The Bertz CT molecular complexity index is 1040. The first-order chi connectivity index (χ1) is 21.0. The molecule has 0 N–H and O–H groups in total. The van der Waals surface area contributed by atoms with Crippen molar-refractivity contribution < 1.29 is 9.47 Å². The largest absolute Gasteiger partial charge is 0.375 e. The van der Waals surface area contributed by atoms with Crippen LogP contribution in [0.1, 0.15) is 110 Å². The standard InChI is InChI=1S/C38H74N6O2/c1-33(2,3)41-25-30-23-29(41)26-42(30)35(7,8)36(9,10)43-27-32-24-31(43)28-44(32)37(11,12)38(13,14)46-22-20-40-17-15-39(16-18-40)19-21-45-34(4,5)6/h29-32H,15-28H2,1-14H3/t29-,30-,31+,32+/m0/s1. The van der Waals surface area contributed by atoms with Crippen molar-refractivity contribution in [2.75, 3.05) is 78.7 Å². The van der Waals surface area contributed by atoms with Gasteiger partial charge in [-0.15, -0.1) is 0 Å². The molecule has 5 fully saturated rings. The van der Waals surface area contributed by atoms with Crippen LogP contribution < -0.4 is 0 Å². The molecular weight excluding hydrogens is 572 g/mol. The first kappa shape index (κ1) is 36.9. The van der Waals surface area contributed by atoms with Crippen LogP contribution in [0.2, 0.25) is 0 Å². The molecule has 0 radical (unpaired) electrons. The van der Waals surface area contributed by atoms with Crippen LogP contribution in [0.5, 0.6) is 0 Å². The van der Waals surface area contributed by atoms with Crippen LogP contribution >= 0.6 is 0 Å². The Morgan fingerprint density at radius 2 is 0.804 bits per heavy atom. The fourth-order valence-corrected chi connectivity index (χ4v) is 9.58. The van der Waals surface area contributed by atoms with Gasteiger partial charge in [-0.05, 0) is 110 Å². The average molecular weight is 647 g/mol. The third-order valence-electron chi connectivity index (χ3n) is 13.7. The van der Waals surface area contributed by atoms with Gasteiger partial charge in [0.1, 0.15) is 0 Å². The third-order valence-corrected chi connectivity index (χ3v) is 13.7. The summed E-state index contributed by atoms with van der Waals surface area (Å²) >= 11 is 0. The molecule has 0 aromatic heterocycles. The SMILES string of the molecule is CC(C)(C)OCCN1CCN(CCOC(C)(C)C(C)(C)N2C[C@H]3C[C@@H]2CN3C(C)(C)C(C)(C)N2C[C@@H]3C[C@H]2CN3C(C)(C)C)CC1. The quantitative estimate of drug-likeness (QED) is 0.298. The molecular formula is C38H74N6O2. The van der Waals surface area contributed by atoms with Gasteiger partial charge >= 0.3 is 0 Å². The van der Waals surface area contributed by atoms with E-state index in [1.807, 2.05) is 0 Å². The number of fused-ring (bicyclic) bond motifs is 4. The minimum atomic E-state index is -0.225. The van der Waals surface area contributed by atoms with Crippen LogP contribution in [-0.2, 0) is 9.47 Å². The molecule has 0 aromatic carbocycles. The van der Waals surface area contributed by atoms with Gasteiger partial charge in [0.15, 0.2) is 0 Å². The van der Waals surface area contributed by atoms with Crippen molar-refractivity contribution in [1.29, 1.82) is 0 Å². The maximum atomic E-state index is 6.78. The first-order valence-electron chi connectivity index (χ1n) is 18.8. The highest BCUT2D eigenvalue weighted by Gasteiger charge is 2.60. The number of hydrogen-bond acceptors (Lipinski definition) is 8. The van der Waals surface area contributed by atoms with Gasteiger partial charge in [0, 0.05) is 112 Å². The second-order valence-electron chi connectivity index (χ2n) is 19.5. The normalized spacial score (nSPS) is 30.4. The average Bonchev–Trinajstić information content (AvgIpc) is 3.73. The van der Waals surface area contributed by atoms with E-state index in [-0.39, 0.29) is 33.4 Å². The van der Waals surface area contributed by atoms with Crippen molar-refractivity contribution in [3.05, 3.63) is 0 Å². The molecule has 4 bridgehead atoms. The van der Waals surface area contributed by atoms with Crippen molar-refractivity contribution in [2.24, 2.45) is 0 Å². The van der Waals surface area contributed by atoms with E-state index in [4.69, 9.17) is 9.47 Å². The van der Waals surface area contributed by atoms with E-state index in [1.54, 1.807) is 0 Å². The lowest BCUT2D eigenvalue weighted by atomic mass is 9.77. The van der Waals surface area contributed by atoms with Gasteiger partial charge in [-0.1, -0.05) is 0 Å². The lowest BCUT2D eigenvalue weighted by Crippen LogP contribution is -2.72. The van der Waals surface area contributed by atoms with Crippen molar-refractivity contribution >= 4 is 0 Å². The number of nitrogens with zero attached hydrogens (tertiary/aromatic N) is 6. The van der Waals surface area contributed by atoms with Crippen LogP contribution in [0, 0.1) is 0 Å². The van der Waals surface area contributed by atoms with E-state index in [0.29, 0.717) is 24.2 Å². The topological polar surface area (TPSA) is 37.9 Å². The van der Waals surface area contributed by atoms with Crippen LogP contribution in [0.4, 0.5) is 0 Å². The monoisotopic (exact) mass is 647 g/mol. The van der Waals surface area contributed by atoms with Crippen LogP contribution in [-0.4, -0.2) is 166 Å². The second-order valence-corrected chi connectivity index (χ2v) is 19.5. The number of ether oxygens (including phenoxy) is 2. The van der Waals surface area contributed by atoms with E-state index in [9.17, 15) is 0 Å². The highest BCUT2D eigenvalue weighted by molar-refractivity contribution is 5.17. The predicted molar refractivity (Wildman–Crippen MR) is 192 cm³/mol. The second kappa shape index (κ2) is 12.8. The molecule has 46 heavy (non-hydrogen) atoms. The van der Waals surface area contributed by atoms with Crippen molar-refractivity contribution in [3.63, 3.8) is 0 Å². The molecule has 0 saturated carbocycles. The summed E-state index contributed by atoms with van der Waals surface area (Å²) < 4.78 is 12.7. The number of rotatable bonds is 12. The third kappa shape index (κ3) is 7.12. The Hall–Kier alpha value is -0.320. The van der Waals surface area contributed by atoms with Gasteiger partial charge in [0.05, 0.1) is 24.4 Å². The van der Waals surface area contributed by atoms with Gasteiger partial charge in [-0.2, -0.15) is 0 Å². The van der Waals surface area contributed by atoms with Gasteiger partial charge in [0.25, 0.3) is 0 Å². The van der Waals surface area contributed by atoms with Gasteiger partial charge in [-0.25, -0.2) is 0 Å². The molecule has 5 rings (SSSR count).